The second-order valence-corrected chi connectivity index (χ2v) is 4.88. The van der Waals surface area contributed by atoms with Crippen molar-refractivity contribution >= 4 is 11.8 Å². The SMILES string of the molecule is Cc1noc(NC(=O)C2(C#N)CC(C)C2)c1C. The molecule has 0 spiro atoms. The number of hydrogen-bond acceptors (Lipinski definition) is 4. The fraction of sp³-hybridized carbons (Fsp3) is 0.583. The first-order valence-electron chi connectivity index (χ1n) is 5.64. The van der Waals surface area contributed by atoms with Crippen molar-refractivity contribution in [2.45, 2.75) is 33.6 Å². The van der Waals surface area contributed by atoms with Gasteiger partial charge in [-0.25, -0.2) is 0 Å². The number of carbonyl (C=O) groups excluding carboxylic acids is 1. The highest BCUT2D eigenvalue weighted by molar-refractivity contribution is 5.97. The van der Waals surface area contributed by atoms with Crippen molar-refractivity contribution in [3.8, 4) is 6.07 Å². The van der Waals surface area contributed by atoms with Crippen molar-refractivity contribution in [3.05, 3.63) is 11.3 Å². The van der Waals surface area contributed by atoms with Gasteiger partial charge in [-0.05, 0) is 32.6 Å². The Morgan fingerprint density at radius 2 is 2.24 bits per heavy atom. The van der Waals surface area contributed by atoms with Crippen molar-refractivity contribution < 1.29 is 9.32 Å². The van der Waals surface area contributed by atoms with E-state index in [1.165, 1.54) is 0 Å². The summed E-state index contributed by atoms with van der Waals surface area (Å²) in [4.78, 5) is 12.0. The smallest absolute Gasteiger partial charge is 0.247 e. The van der Waals surface area contributed by atoms with E-state index in [0.29, 0.717) is 24.6 Å². The third-order valence-electron chi connectivity index (χ3n) is 3.43. The standard InChI is InChI=1S/C12H15N3O2/c1-7-4-12(5-7,6-13)11(16)14-10-8(2)9(3)15-17-10/h7H,4-5H2,1-3H3,(H,14,16). The number of amides is 1. The molecule has 0 aliphatic heterocycles. The first-order chi connectivity index (χ1) is 7.98. The van der Waals surface area contributed by atoms with Crippen LogP contribution in [-0.4, -0.2) is 11.1 Å². The molecule has 0 atom stereocenters. The summed E-state index contributed by atoms with van der Waals surface area (Å²) in [6.45, 7) is 5.66. The van der Waals surface area contributed by atoms with Crippen LogP contribution in [0.2, 0.25) is 0 Å². The van der Waals surface area contributed by atoms with Gasteiger partial charge in [0.1, 0.15) is 5.41 Å². The molecule has 0 saturated heterocycles. The van der Waals surface area contributed by atoms with Crippen LogP contribution in [-0.2, 0) is 4.79 Å². The Balaban J connectivity index is 2.13. The van der Waals surface area contributed by atoms with Crippen LogP contribution >= 0.6 is 0 Å². The van der Waals surface area contributed by atoms with Gasteiger partial charge in [0.05, 0.1) is 11.8 Å². The first kappa shape index (κ1) is 11.6. The second-order valence-electron chi connectivity index (χ2n) is 4.88. The molecule has 1 aromatic rings. The maximum atomic E-state index is 12.0. The van der Waals surface area contributed by atoms with Gasteiger partial charge in [-0.15, -0.1) is 0 Å². The average Bonchev–Trinajstić information content (AvgIpc) is 2.56. The number of aryl methyl sites for hydroxylation is 1. The third kappa shape index (κ3) is 1.80. The third-order valence-corrected chi connectivity index (χ3v) is 3.43. The van der Waals surface area contributed by atoms with Crippen LogP contribution in [0.1, 0.15) is 31.0 Å². The van der Waals surface area contributed by atoms with Crippen LogP contribution in [0.5, 0.6) is 0 Å². The molecule has 1 aliphatic rings. The Hall–Kier alpha value is -1.83. The minimum Gasteiger partial charge on any atom is -0.338 e. The molecule has 1 amide bonds. The topological polar surface area (TPSA) is 78.9 Å². The molecule has 5 nitrogen and oxygen atoms in total. The van der Waals surface area contributed by atoms with Crippen molar-refractivity contribution in [1.82, 2.24) is 5.16 Å². The molecule has 0 radical (unpaired) electrons. The highest BCUT2D eigenvalue weighted by Gasteiger charge is 2.49. The summed E-state index contributed by atoms with van der Waals surface area (Å²) in [7, 11) is 0. The lowest BCUT2D eigenvalue weighted by Crippen LogP contribution is -2.45. The number of nitriles is 1. The van der Waals surface area contributed by atoms with Crippen molar-refractivity contribution in [1.29, 1.82) is 5.26 Å². The Labute approximate surface area is 99.8 Å². The molecule has 0 unspecified atom stereocenters. The number of aromatic nitrogens is 1. The number of nitrogens with zero attached hydrogens (tertiary/aromatic N) is 2. The van der Waals surface area contributed by atoms with Crippen molar-refractivity contribution in [3.63, 3.8) is 0 Å². The van der Waals surface area contributed by atoms with Gasteiger partial charge in [0.25, 0.3) is 0 Å². The largest absolute Gasteiger partial charge is 0.338 e. The molecular formula is C12H15N3O2. The molecule has 2 rings (SSSR count). The van der Waals surface area contributed by atoms with E-state index in [0.717, 1.165) is 11.3 Å². The highest BCUT2D eigenvalue weighted by atomic mass is 16.5. The van der Waals surface area contributed by atoms with Crippen molar-refractivity contribution in [2.24, 2.45) is 11.3 Å². The summed E-state index contributed by atoms with van der Waals surface area (Å²) in [5, 5.41) is 15.5. The lowest BCUT2D eigenvalue weighted by atomic mass is 9.63. The summed E-state index contributed by atoms with van der Waals surface area (Å²) in [6.07, 6.45) is 1.23. The molecule has 1 N–H and O–H groups in total. The molecule has 1 aliphatic carbocycles. The highest BCUT2D eigenvalue weighted by Crippen LogP contribution is 2.45. The second kappa shape index (κ2) is 3.88. The van der Waals surface area contributed by atoms with Crippen LogP contribution in [0.25, 0.3) is 0 Å². The van der Waals surface area contributed by atoms with Gasteiger partial charge in [0, 0.05) is 5.56 Å². The monoisotopic (exact) mass is 233 g/mol. The van der Waals surface area contributed by atoms with Gasteiger partial charge >= 0.3 is 0 Å². The lowest BCUT2D eigenvalue weighted by Gasteiger charge is -2.38. The Kier molecular flexibility index (Phi) is 2.66. The van der Waals surface area contributed by atoms with Crippen LogP contribution in [0.3, 0.4) is 0 Å². The van der Waals surface area contributed by atoms with Crippen LogP contribution < -0.4 is 5.32 Å². The minimum atomic E-state index is -0.882. The average molecular weight is 233 g/mol. The minimum absolute atomic E-state index is 0.280. The van der Waals surface area contributed by atoms with Gasteiger partial charge < -0.3 is 4.52 Å². The van der Waals surface area contributed by atoms with E-state index in [4.69, 9.17) is 9.78 Å². The predicted molar refractivity (Wildman–Crippen MR) is 61.1 cm³/mol. The zero-order valence-corrected chi connectivity index (χ0v) is 10.2. The van der Waals surface area contributed by atoms with Crippen LogP contribution in [0.4, 0.5) is 5.88 Å². The quantitative estimate of drug-likeness (QED) is 0.849. The van der Waals surface area contributed by atoms with E-state index in [-0.39, 0.29) is 5.91 Å². The maximum Gasteiger partial charge on any atom is 0.247 e. The summed E-state index contributed by atoms with van der Waals surface area (Å²) in [5.41, 5.74) is 0.666. The molecular weight excluding hydrogens is 218 g/mol. The molecule has 90 valence electrons. The van der Waals surface area contributed by atoms with E-state index >= 15 is 0 Å². The molecule has 1 heterocycles. The van der Waals surface area contributed by atoms with Crippen molar-refractivity contribution in [2.75, 3.05) is 5.32 Å². The molecule has 1 aromatic heterocycles. The van der Waals surface area contributed by atoms with E-state index < -0.39 is 5.41 Å². The number of carbonyl (C=O) groups is 1. The van der Waals surface area contributed by atoms with Gasteiger partial charge in [-0.3, -0.25) is 10.1 Å². The zero-order chi connectivity index (χ0) is 12.6. The zero-order valence-electron chi connectivity index (χ0n) is 10.2. The van der Waals surface area contributed by atoms with E-state index in [9.17, 15) is 4.79 Å². The maximum absolute atomic E-state index is 12.0. The molecule has 5 heteroatoms. The summed E-state index contributed by atoms with van der Waals surface area (Å²) < 4.78 is 5.01. The van der Waals surface area contributed by atoms with Gasteiger partial charge in [0.15, 0.2) is 0 Å². The Morgan fingerprint density at radius 3 is 2.65 bits per heavy atom. The van der Waals surface area contributed by atoms with Gasteiger partial charge in [-0.2, -0.15) is 5.26 Å². The van der Waals surface area contributed by atoms with Crippen LogP contribution in [0.15, 0.2) is 4.52 Å². The van der Waals surface area contributed by atoms with Crippen LogP contribution in [0, 0.1) is 36.5 Å². The number of anilines is 1. The fourth-order valence-corrected chi connectivity index (χ4v) is 2.21. The lowest BCUT2D eigenvalue weighted by molar-refractivity contribution is -0.128. The Morgan fingerprint density at radius 1 is 1.59 bits per heavy atom. The first-order valence-corrected chi connectivity index (χ1v) is 5.64. The number of rotatable bonds is 2. The van der Waals surface area contributed by atoms with E-state index in [1.54, 1.807) is 6.92 Å². The number of nitrogens with one attached hydrogen (secondary N) is 1. The van der Waals surface area contributed by atoms with E-state index in [2.05, 4.69) is 16.5 Å². The summed E-state index contributed by atoms with van der Waals surface area (Å²) >= 11 is 0. The number of hydrogen-bond donors (Lipinski definition) is 1. The molecule has 1 saturated carbocycles. The Bertz CT molecular complexity index is 492. The fourth-order valence-electron chi connectivity index (χ4n) is 2.21. The molecule has 0 aromatic carbocycles. The normalized spacial score (nSPS) is 27.1. The van der Waals surface area contributed by atoms with Gasteiger partial charge in [-0.1, -0.05) is 12.1 Å². The molecule has 0 bridgehead atoms. The summed E-state index contributed by atoms with van der Waals surface area (Å²) in [6, 6.07) is 2.12. The van der Waals surface area contributed by atoms with E-state index in [1.807, 2.05) is 13.8 Å². The van der Waals surface area contributed by atoms with Gasteiger partial charge in [0.2, 0.25) is 11.8 Å². The molecule has 17 heavy (non-hydrogen) atoms. The molecule has 1 fully saturated rings. The summed E-state index contributed by atoms with van der Waals surface area (Å²) in [5.74, 6) is 0.497. The predicted octanol–water partition coefficient (Wildman–Crippen LogP) is 2.17.